The zero-order chi connectivity index (χ0) is 17.4. The summed E-state index contributed by atoms with van der Waals surface area (Å²) < 4.78 is 28.8. The third kappa shape index (κ3) is 3.08. The number of benzene rings is 2. The van der Waals surface area contributed by atoms with E-state index >= 15 is 0 Å². The van der Waals surface area contributed by atoms with E-state index in [1.54, 1.807) is 16.4 Å². The molecule has 1 heterocycles. The first-order valence-electron chi connectivity index (χ1n) is 8.94. The summed E-state index contributed by atoms with van der Waals surface area (Å²) in [4.78, 5) is 1.48. The number of hydrogen-bond acceptors (Lipinski definition) is 3. The summed E-state index contributed by atoms with van der Waals surface area (Å²) in [5.41, 5.74) is 1.91. The minimum absolute atomic E-state index is 0.0497. The van der Waals surface area contributed by atoms with Crippen molar-refractivity contribution in [2.24, 2.45) is 0 Å². The molecule has 5 heteroatoms. The van der Waals surface area contributed by atoms with Gasteiger partial charge in [0.25, 0.3) is 10.0 Å². The fraction of sp³-hybridized carbons (Fsp3) is 0.400. The van der Waals surface area contributed by atoms with Crippen LogP contribution < -0.4 is 4.31 Å². The first-order valence-corrected chi connectivity index (χ1v) is 11.3. The first-order chi connectivity index (χ1) is 12.1. The van der Waals surface area contributed by atoms with E-state index in [0.717, 1.165) is 35.4 Å². The van der Waals surface area contributed by atoms with Crippen LogP contribution in [0, 0.1) is 6.92 Å². The number of thioether (sulfide) groups is 1. The van der Waals surface area contributed by atoms with Gasteiger partial charge in [-0.1, -0.05) is 49.1 Å². The molecule has 0 unspecified atom stereocenters. The van der Waals surface area contributed by atoms with Gasteiger partial charge in [-0.25, -0.2) is 8.42 Å². The van der Waals surface area contributed by atoms with Crippen LogP contribution in [-0.2, 0) is 10.0 Å². The van der Waals surface area contributed by atoms with Gasteiger partial charge in [0.05, 0.1) is 16.6 Å². The molecule has 0 radical (unpaired) electrons. The van der Waals surface area contributed by atoms with E-state index in [4.69, 9.17) is 0 Å². The lowest BCUT2D eigenvalue weighted by atomic mass is 10.1. The summed E-state index contributed by atoms with van der Waals surface area (Å²) >= 11 is 1.87. The van der Waals surface area contributed by atoms with Crippen molar-refractivity contribution in [3.63, 3.8) is 0 Å². The van der Waals surface area contributed by atoms with Crippen LogP contribution in [0.25, 0.3) is 0 Å². The molecule has 0 aromatic heterocycles. The fourth-order valence-corrected chi connectivity index (χ4v) is 7.21. The molecule has 1 aliphatic carbocycles. The van der Waals surface area contributed by atoms with E-state index in [1.807, 2.05) is 49.0 Å². The van der Waals surface area contributed by atoms with Gasteiger partial charge in [0.2, 0.25) is 0 Å². The van der Waals surface area contributed by atoms with E-state index in [0.29, 0.717) is 10.1 Å². The largest absolute Gasteiger partial charge is 0.264 e. The highest BCUT2D eigenvalue weighted by Gasteiger charge is 2.41. The van der Waals surface area contributed by atoms with Crippen molar-refractivity contribution in [2.45, 2.75) is 60.1 Å². The predicted octanol–water partition coefficient (Wildman–Crippen LogP) is 5.00. The zero-order valence-electron chi connectivity index (χ0n) is 14.4. The van der Waals surface area contributed by atoms with Crippen LogP contribution in [0.3, 0.4) is 0 Å². The Morgan fingerprint density at radius 3 is 2.48 bits per heavy atom. The second kappa shape index (κ2) is 6.69. The fourth-order valence-electron chi connectivity index (χ4n) is 3.87. The Kier molecular flexibility index (Phi) is 4.54. The average molecular weight is 374 g/mol. The summed E-state index contributed by atoms with van der Waals surface area (Å²) in [6.45, 7) is 1.98. The van der Waals surface area contributed by atoms with Crippen LogP contribution in [0.4, 0.5) is 5.69 Å². The van der Waals surface area contributed by atoms with E-state index in [-0.39, 0.29) is 6.04 Å². The summed E-state index contributed by atoms with van der Waals surface area (Å²) in [6.07, 6.45) is 5.52. The normalized spacial score (nSPS) is 23.5. The lowest BCUT2D eigenvalue weighted by Crippen LogP contribution is -2.48. The van der Waals surface area contributed by atoms with Crippen molar-refractivity contribution in [3.05, 3.63) is 54.1 Å². The van der Waals surface area contributed by atoms with Crippen LogP contribution in [0.1, 0.15) is 37.7 Å². The van der Waals surface area contributed by atoms with Crippen LogP contribution in [0.5, 0.6) is 0 Å². The molecule has 0 N–H and O–H groups in total. The molecule has 4 rings (SSSR count). The number of anilines is 1. The maximum atomic E-state index is 13.5. The molecular formula is C20H23NO2S2. The molecule has 0 spiro atoms. The second-order valence-electron chi connectivity index (χ2n) is 6.94. The minimum atomic E-state index is -3.56. The molecule has 1 aliphatic heterocycles. The summed E-state index contributed by atoms with van der Waals surface area (Å²) in [6, 6.07) is 15.2. The van der Waals surface area contributed by atoms with Crippen molar-refractivity contribution in [1.29, 1.82) is 0 Å². The predicted molar refractivity (Wildman–Crippen MR) is 104 cm³/mol. The molecule has 3 nitrogen and oxygen atoms in total. The smallest absolute Gasteiger partial charge is 0.261 e. The second-order valence-corrected chi connectivity index (χ2v) is 10.0. The zero-order valence-corrected chi connectivity index (χ0v) is 16.0. The minimum Gasteiger partial charge on any atom is -0.261 e. The molecule has 0 amide bonds. The first kappa shape index (κ1) is 17.0. The number of para-hydroxylation sites is 1. The Bertz CT molecular complexity index is 862. The molecule has 0 bridgehead atoms. The lowest BCUT2D eigenvalue weighted by Gasteiger charge is -2.41. The van der Waals surface area contributed by atoms with E-state index < -0.39 is 10.0 Å². The number of fused-ring (bicyclic) bond motifs is 2. The number of aryl methyl sites for hydroxylation is 1. The molecule has 2 aromatic carbocycles. The van der Waals surface area contributed by atoms with Gasteiger partial charge in [-0.3, -0.25) is 4.31 Å². The van der Waals surface area contributed by atoms with E-state index in [2.05, 4.69) is 6.07 Å². The molecule has 1 fully saturated rings. The topological polar surface area (TPSA) is 37.4 Å². The Morgan fingerprint density at radius 2 is 1.68 bits per heavy atom. The Morgan fingerprint density at radius 1 is 0.960 bits per heavy atom. The van der Waals surface area contributed by atoms with Gasteiger partial charge in [-0.15, -0.1) is 11.8 Å². The maximum absolute atomic E-state index is 13.5. The van der Waals surface area contributed by atoms with Gasteiger partial charge in [0, 0.05) is 10.1 Å². The molecule has 25 heavy (non-hydrogen) atoms. The number of hydrogen-bond donors (Lipinski definition) is 0. The van der Waals surface area contributed by atoms with Crippen molar-refractivity contribution in [2.75, 3.05) is 4.31 Å². The van der Waals surface area contributed by atoms with Crippen molar-refractivity contribution in [1.82, 2.24) is 0 Å². The standard InChI is InChI=1S/C20H23NO2S2/c1-15-11-13-16(14-12-15)25(22,23)21-17-7-3-2-4-9-19(17)24-20-10-6-5-8-18(20)21/h5-6,8,10-14,17,19H,2-4,7,9H2,1H3/t17-,19-/m1/s1. The van der Waals surface area contributed by atoms with Crippen LogP contribution in [0.2, 0.25) is 0 Å². The molecule has 132 valence electrons. The highest BCUT2D eigenvalue weighted by Crippen LogP contribution is 2.47. The Labute approximate surface area is 154 Å². The quantitative estimate of drug-likeness (QED) is 0.743. The molecule has 2 atom stereocenters. The Hall–Kier alpha value is -1.46. The highest BCUT2D eigenvalue weighted by molar-refractivity contribution is 8.00. The van der Waals surface area contributed by atoms with Crippen LogP contribution in [0.15, 0.2) is 58.3 Å². The van der Waals surface area contributed by atoms with Gasteiger partial charge >= 0.3 is 0 Å². The summed E-state index contributed by atoms with van der Waals surface area (Å²) in [5, 5.41) is 0.345. The maximum Gasteiger partial charge on any atom is 0.264 e. The number of rotatable bonds is 2. The van der Waals surface area contributed by atoms with Gasteiger partial charge < -0.3 is 0 Å². The van der Waals surface area contributed by atoms with Crippen LogP contribution >= 0.6 is 11.8 Å². The van der Waals surface area contributed by atoms with E-state index in [9.17, 15) is 8.42 Å². The van der Waals surface area contributed by atoms with Crippen molar-refractivity contribution >= 4 is 27.5 Å². The van der Waals surface area contributed by atoms with Crippen molar-refractivity contribution in [3.8, 4) is 0 Å². The lowest BCUT2D eigenvalue weighted by molar-refractivity contribution is 0.545. The summed E-state index contributed by atoms with van der Waals surface area (Å²) in [7, 11) is -3.56. The monoisotopic (exact) mass is 373 g/mol. The molecule has 1 saturated carbocycles. The number of sulfonamides is 1. The van der Waals surface area contributed by atoms with Crippen LogP contribution in [-0.4, -0.2) is 19.7 Å². The molecule has 0 saturated heterocycles. The van der Waals surface area contributed by atoms with Gasteiger partial charge in [-0.05, 0) is 44.0 Å². The van der Waals surface area contributed by atoms with Gasteiger partial charge in [-0.2, -0.15) is 0 Å². The highest BCUT2D eigenvalue weighted by atomic mass is 32.2. The van der Waals surface area contributed by atoms with E-state index in [1.165, 1.54) is 12.8 Å². The third-order valence-electron chi connectivity index (χ3n) is 5.18. The summed E-state index contributed by atoms with van der Waals surface area (Å²) in [5.74, 6) is 0. The third-order valence-corrected chi connectivity index (χ3v) is 8.48. The average Bonchev–Trinajstić information content (AvgIpc) is 2.84. The SMILES string of the molecule is Cc1ccc(S(=O)(=O)N2c3ccccc3S[C@@H]3CCCCC[C@H]32)cc1. The number of nitrogens with zero attached hydrogens (tertiary/aromatic N) is 1. The molecular weight excluding hydrogens is 350 g/mol. The van der Waals surface area contributed by atoms with Gasteiger partial charge in [0.1, 0.15) is 0 Å². The molecule has 2 aliphatic rings. The Balaban J connectivity index is 1.85. The van der Waals surface area contributed by atoms with Gasteiger partial charge in [0.15, 0.2) is 0 Å². The molecule has 2 aromatic rings. The van der Waals surface area contributed by atoms with Crippen molar-refractivity contribution < 1.29 is 8.42 Å².